The first-order valence-electron chi connectivity index (χ1n) is 8.21. The third-order valence-corrected chi connectivity index (χ3v) is 3.59. The molecule has 4 heteroatoms. The van der Waals surface area contributed by atoms with Crippen LogP contribution in [0.15, 0.2) is 24.3 Å². The number of amides is 1. The summed E-state index contributed by atoms with van der Waals surface area (Å²) in [6.07, 6.45) is 3.21. The van der Waals surface area contributed by atoms with Crippen molar-refractivity contribution in [3.8, 4) is 0 Å². The molecule has 1 amide bonds. The monoisotopic (exact) mass is 304 g/mol. The molecule has 2 rings (SSSR count). The van der Waals surface area contributed by atoms with E-state index in [-0.39, 0.29) is 6.09 Å². The van der Waals surface area contributed by atoms with Crippen molar-refractivity contribution in [3.05, 3.63) is 35.4 Å². The van der Waals surface area contributed by atoms with E-state index in [1.807, 2.05) is 20.8 Å². The van der Waals surface area contributed by atoms with Gasteiger partial charge in [0.25, 0.3) is 0 Å². The summed E-state index contributed by atoms with van der Waals surface area (Å²) in [6.45, 7) is 8.02. The van der Waals surface area contributed by atoms with Crippen LogP contribution in [0.1, 0.15) is 57.1 Å². The van der Waals surface area contributed by atoms with Gasteiger partial charge in [0, 0.05) is 13.1 Å². The smallest absolute Gasteiger partial charge is 0.407 e. The zero-order valence-electron chi connectivity index (χ0n) is 13.9. The molecule has 0 radical (unpaired) electrons. The van der Waals surface area contributed by atoms with Gasteiger partial charge in [0.2, 0.25) is 0 Å². The summed E-state index contributed by atoms with van der Waals surface area (Å²) < 4.78 is 5.19. The highest BCUT2D eigenvalue weighted by Gasteiger charge is 2.25. The molecular weight excluding hydrogens is 276 g/mol. The van der Waals surface area contributed by atoms with Crippen LogP contribution in [0.5, 0.6) is 0 Å². The van der Waals surface area contributed by atoms with Crippen LogP contribution < -0.4 is 10.6 Å². The van der Waals surface area contributed by atoms with E-state index in [1.54, 1.807) is 0 Å². The van der Waals surface area contributed by atoms with E-state index in [4.69, 9.17) is 4.74 Å². The quantitative estimate of drug-likeness (QED) is 0.757. The number of carbonyl (C=O) groups is 1. The molecule has 0 aliphatic heterocycles. The molecule has 1 aliphatic carbocycles. The molecular formula is C18H28N2O2. The Morgan fingerprint density at radius 1 is 1.23 bits per heavy atom. The number of nitrogens with one attached hydrogen (secondary N) is 2. The topological polar surface area (TPSA) is 50.4 Å². The SMILES string of the molecule is CC(C)(C)OC(=O)NCCCNCc1ccccc1C1CC1. The lowest BCUT2D eigenvalue weighted by Gasteiger charge is -2.19. The fourth-order valence-electron chi connectivity index (χ4n) is 2.43. The van der Waals surface area contributed by atoms with Crippen molar-refractivity contribution in [1.82, 2.24) is 10.6 Å². The van der Waals surface area contributed by atoms with Crippen LogP contribution in [0.2, 0.25) is 0 Å². The number of alkyl carbamates (subject to hydrolysis) is 1. The van der Waals surface area contributed by atoms with Crippen LogP contribution in [0.25, 0.3) is 0 Å². The van der Waals surface area contributed by atoms with E-state index in [0.29, 0.717) is 6.54 Å². The average Bonchev–Trinajstić information content (AvgIpc) is 3.25. The predicted octanol–water partition coefficient (Wildman–Crippen LogP) is 3.57. The van der Waals surface area contributed by atoms with Crippen molar-refractivity contribution in [2.24, 2.45) is 0 Å². The molecule has 1 aromatic rings. The first-order valence-corrected chi connectivity index (χ1v) is 8.21. The lowest BCUT2D eigenvalue weighted by Crippen LogP contribution is -2.33. The first-order chi connectivity index (χ1) is 10.5. The number of ether oxygens (including phenoxy) is 1. The summed E-state index contributed by atoms with van der Waals surface area (Å²) in [6, 6.07) is 8.69. The maximum Gasteiger partial charge on any atom is 0.407 e. The second-order valence-electron chi connectivity index (χ2n) is 6.93. The fraction of sp³-hybridized carbons (Fsp3) is 0.611. The van der Waals surface area contributed by atoms with Gasteiger partial charge in [-0.15, -0.1) is 0 Å². The standard InChI is InChI=1S/C18H28N2O2/c1-18(2,3)22-17(21)20-12-6-11-19-13-15-7-4-5-8-16(15)14-9-10-14/h4-5,7-8,14,19H,6,9-13H2,1-3H3,(H,20,21). The summed E-state index contributed by atoms with van der Waals surface area (Å²) in [5.74, 6) is 0.784. The molecule has 1 fully saturated rings. The van der Waals surface area contributed by atoms with Crippen LogP contribution in [0, 0.1) is 0 Å². The van der Waals surface area contributed by atoms with E-state index >= 15 is 0 Å². The third kappa shape index (κ3) is 6.06. The van der Waals surface area contributed by atoms with Crippen LogP contribution in [-0.2, 0) is 11.3 Å². The Hall–Kier alpha value is -1.55. The van der Waals surface area contributed by atoms with Gasteiger partial charge in [-0.25, -0.2) is 4.79 Å². The molecule has 0 saturated heterocycles. The van der Waals surface area contributed by atoms with Crippen molar-refractivity contribution in [3.63, 3.8) is 0 Å². The van der Waals surface area contributed by atoms with Gasteiger partial charge < -0.3 is 15.4 Å². The van der Waals surface area contributed by atoms with Gasteiger partial charge >= 0.3 is 6.09 Å². The van der Waals surface area contributed by atoms with Gasteiger partial charge in [0.15, 0.2) is 0 Å². The Labute approximate surface area is 133 Å². The molecule has 1 aromatic carbocycles. The van der Waals surface area contributed by atoms with Crippen LogP contribution in [0.4, 0.5) is 4.79 Å². The van der Waals surface area contributed by atoms with E-state index in [0.717, 1.165) is 25.4 Å². The molecule has 0 atom stereocenters. The minimum atomic E-state index is -0.436. The van der Waals surface area contributed by atoms with Gasteiger partial charge in [-0.3, -0.25) is 0 Å². The highest BCUT2D eigenvalue weighted by molar-refractivity contribution is 5.67. The number of hydrogen-bond donors (Lipinski definition) is 2. The molecule has 0 unspecified atom stereocenters. The molecule has 1 saturated carbocycles. The van der Waals surface area contributed by atoms with Crippen molar-refractivity contribution in [2.45, 2.75) is 58.1 Å². The fourth-order valence-corrected chi connectivity index (χ4v) is 2.43. The molecule has 0 bridgehead atoms. The summed E-state index contributed by atoms with van der Waals surface area (Å²) in [5.41, 5.74) is 2.47. The van der Waals surface area contributed by atoms with Gasteiger partial charge in [0.05, 0.1) is 0 Å². The summed E-state index contributed by atoms with van der Waals surface area (Å²) >= 11 is 0. The molecule has 1 aliphatic rings. The second kappa shape index (κ2) is 7.63. The normalized spacial score (nSPS) is 14.7. The second-order valence-corrected chi connectivity index (χ2v) is 6.93. The summed E-state index contributed by atoms with van der Waals surface area (Å²) in [4.78, 5) is 11.5. The molecule has 0 heterocycles. The Morgan fingerprint density at radius 3 is 2.64 bits per heavy atom. The third-order valence-electron chi connectivity index (χ3n) is 3.59. The van der Waals surface area contributed by atoms with Crippen molar-refractivity contribution >= 4 is 6.09 Å². The van der Waals surface area contributed by atoms with Crippen LogP contribution in [-0.4, -0.2) is 24.8 Å². The Balaban J connectivity index is 1.59. The summed E-state index contributed by atoms with van der Waals surface area (Å²) in [5, 5.41) is 6.23. The molecule has 0 aromatic heterocycles. The van der Waals surface area contributed by atoms with Crippen molar-refractivity contribution in [1.29, 1.82) is 0 Å². The molecule has 0 spiro atoms. The first kappa shape index (κ1) is 16.8. The van der Waals surface area contributed by atoms with Crippen molar-refractivity contribution < 1.29 is 9.53 Å². The zero-order valence-corrected chi connectivity index (χ0v) is 13.9. The van der Waals surface area contributed by atoms with Crippen LogP contribution in [0.3, 0.4) is 0 Å². The highest BCUT2D eigenvalue weighted by Crippen LogP contribution is 2.41. The lowest BCUT2D eigenvalue weighted by molar-refractivity contribution is 0.0527. The van der Waals surface area contributed by atoms with Gasteiger partial charge in [-0.1, -0.05) is 24.3 Å². The average molecular weight is 304 g/mol. The zero-order chi connectivity index (χ0) is 16.0. The number of hydrogen-bond acceptors (Lipinski definition) is 3. The Morgan fingerprint density at radius 2 is 1.95 bits per heavy atom. The molecule has 4 nitrogen and oxygen atoms in total. The van der Waals surface area contributed by atoms with E-state index in [2.05, 4.69) is 34.9 Å². The van der Waals surface area contributed by atoms with Gasteiger partial charge in [0.1, 0.15) is 5.60 Å². The van der Waals surface area contributed by atoms with E-state index in [9.17, 15) is 4.79 Å². The lowest BCUT2D eigenvalue weighted by atomic mass is 10.0. The predicted molar refractivity (Wildman–Crippen MR) is 89.0 cm³/mol. The van der Waals surface area contributed by atoms with Gasteiger partial charge in [-0.2, -0.15) is 0 Å². The highest BCUT2D eigenvalue weighted by atomic mass is 16.6. The van der Waals surface area contributed by atoms with Crippen LogP contribution >= 0.6 is 0 Å². The molecule has 22 heavy (non-hydrogen) atoms. The Bertz CT molecular complexity index is 490. The molecule has 2 N–H and O–H groups in total. The minimum Gasteiger partial charge on any atom is -0.444 e. The summed E-state index contributed by atoms with van der Waals surface area (Å²) in [7, 11) is 0. The molecule has 122 valence electrons. The van der Waals surface area contributed by atoms with Crippen molar-refractivity contribution in [2.75, 3.05) is 13.1 Å². The minimum absolute atomic E-state index is 0.341. The number of rotatable bonds is 7. The number of benzene rings is 1. The van der Waals surface area contributed by atoms with E-state index < -0.39 is 5.60 Å². The Kier molecular flexibility index (Phi) is 5.83. The van der Waals surface area contributed by atoms with Gasteiger partial charge in [-0.05, 0) is 63.6 Å². The maximum absolute atomic E-state index is 11.5. The maximum atomic E-state index is 11.5. The largest absolute Gasteiger partial charge is 0.444 e. The number of carbonyl (C=O) groups excluding carboxylic acids is 1. The van der Waals surface area contributed by atoms with E-state index in [1.165, 1.54) is 24.0 Å².